The molecule has 0 radical (unpaired) electrons. The van der Waals surface area contributed by atoms with Crippen molar-refractivity contribution < 1.29 is 9.46 Å². The van der Waals surface area contributed by atoms with Crippen LogP contribution in [0.1, 0.15) is 32.1 Å². The molecule has 4 rings (SSSR count). The highest BCUT2D eigenvalue weighted by Crippen LogP contribution is 2.55. The first kappa shape index (κ1) is 18.1. The molecule has 0 saturated carbocycles. The number of para-hydroxylation sites is 2. The molecule has 2 N–H and O–H groups in total. The molecule has 0 saturated heterocycles. The zero-order valence-electron chi connectivity index (χ0n) is 15.2. The molecular formula is C22H24N2O2P-. The Morgan fingerprint density at radius 2 is 1.59 bits per heavy atom. The maximum Gasteiger partial charge on any atom is 0.126 e. The summed E-state index contributed by atoms with van der Waals surface area (Å²) >= 11 is 0. The van der Waals surface area contributed by atoms with E-state index >= 15 is 0 Å². The molecule has 0 amide bonds. The highest BCUT2D eigenvalue weighted by molar-refractivity contribution is 7.62. The Kier molecular flexibility index (Phi) is 5.20. The molecule has 0 bridgehead atoms. The van der Waals surface area contributed by atoms with E-state index in [4.69, 9.17) is 0 Å². The molecule has 2 atom stereocenters. The van der Waals surface area contributed by atoms with E-state index in [9.17, 15) is 9.46 Å². The van der Waals surface area contributed by atoms with Crippen molar-refractivity contribution in [3.05, 3.63) is 83.3 Å². The Morgan fingerprint density at radius 1 is 0.926 bits per heavy atom. The Hall–Kier alpha value is -2.29. The number of allylic oxidation sites excluding steroid dienone is 3. The van der Waals surface area contributed by atoms with Crippen LogP contribution in [0.3, 0.4) is 0 Å². The van der Waals surface area contributed by atoms with Crippen LogP contribution in [0.25, 0.3) is 0 Å². The topological polar surface area (TPSA) is 64.2 Å². The van der Waals surface area contributed by atoms with Crippen LogP contribution in [-0.4, -0.2) is 0 Å². The van der Waals surface area contributed by atoms with Crippen molar-refractivity contribution in [1.29, 1.82) is 0 Å². The molecular weight excluding hydrogens is 355 g/mol. The average molecular weight is 379 g/mol. The minimum absolute atomic E-state index is 0.169. The number of hydrogen-bond donors (Lipinski definition) is 2. The van der Waals surface area contributed by atoms with Crippen LogP contribution in [0, 0.1) is 5.92 Å². The highest BCUT2D eigenvalue weighted by atomic mass is 31.2. The van der Waals surface area contributed by atoms with E-state index in [-0.39, 0.29) is 5.92 Å². The zero-order chi connectivity index (χ0) is 18.7. The van der Waals surface area contributed by atoms with Crippen LogP contribution < -0.4 is 15.3 Å². The fourth-order valence-corrected chi connectivity index (χ4v) is 5.83. The third-order valence-electron chi connectivity index (χ3n) is 5.31. The van der Waals surface area contributed by atoms with Crippen molar-refractivity contribution >= 4 is 18.9 Å². The Bertz CT molecular complexity index is 906. The molecule has 0 heterocycles. The molecule has 27 heavy (non-hydrogen) atoms. The highest BCUT2D eigenvalue weighted by Gasteiger charge is 2.32. The van der Waals surface area contributed by atoms with Crippen molar-refractivity contribution in [2.75, 3.05) is 10.4 Å². The molecule has 2 aliphatic carbocycles. The number of anilines is 2. The summed E-state index contributed by atoms with van der Waals surface area (Å²) in [6, 6.07) is 19.2. The van der Waals surface area contributed by atoms with Gasteiger partial charge in [0, 0.05) is 23.0 Å². The van der Waals surface area contributed by atoms with Gasteiger partial charge < -0.3 is 19.9 Å². The van der Waals surface area contributed by atoms with Gasteiger partial charge in [0.15, 0.2) is 0 Å². The summed E-state index contributed by atoms with van der Waals surface area (Å²) < 4.78 is 13.1. The van der Waals surface area contributed by atoms with Gasteiger partial charge in [-0.05, 0) is 61.7 Å². The Balaban J connectivity index is 1.59. The lowest BCUT2D eigenvalue weighted by atomic mass is 9.95. The molecule has 0 aliphatic heterocycles. The van der Waals surface area contributed by atoms with Gasteiger partial charge in [0.05, 0.1) is 0 Å². The number of nitrogens with one attached hydrogen (secondary N) is 2. The van der Waals surface area contributed by atoms with Crippen LogP contribution in [0.15, 0.2) is 83.3 Å². The van der Waals surface area contributed by atoms with Gasteiger partial charge in [0.2, 0.25) is 0 Å². The summed E-state index contributed by atoms with van der Waals surface area (Å²) in [5.74, 6) is 0.169. The summed E-state index contributed by atoms with van der Waals surface area (Å²) in [6.45, 7) is 0. The lowest BCUT2D eigenvalue weighted by molar-refractivity contribution is -0.171. The first-order valence-corrected chi connectivity index (χ1v) is 11.1. The smallest absolute Gasteiger partial charge is 0.126 e. The first-order valence-electron chi connectivity index (χ1n) is 9.52. The van der Waals surface area contributed by atoms with Gasteiger partial charge in [0.25, 0.3) is 0 Å². The van der Waals surface area contributed by atoms with Gasteiger partial charge in [-0.25, -0.2) is 0 Å². The van der Waals surface area contributed by atoms with Gasteiger partial charge >= 0.3 is 0 Å². The second-order valence-corrected chi connectivity index (χ2v) is 9.00. The SMILES string of the molecule is O=P([O-])(Nc1ccccc1)C1=C([C@H]2CCC=C2Nc2ccccc2)CCC1. The summed E-state index contributed by atoms with van der Waals surface area (Å²) in [5, 5.41) is 6.89. The van der Waals surface area contributed by atoms with Crippen LogP contribution in [0.5, 0.6) is 0 Å². The van der Waals surface area contributed by atoms with E-state index in [2.05, 4.69) is 16.5 Å². The number of benzene rings is 2. The molecule has 5 heteroatoms. The third kappa shape index (κ3) is 4.02. The van der Waals surface area contributed by atoms with E-state index < -0.39 is 7.52 Å². The monoisotopic (exact) mass is 379 g/mol. The minimum atomic E-state index is -3.86. The second-order valence-electron chi connectivity index (χ2n) is 7.14. The van der Waals surface area contributed by atoms with Crippen LogP contribution in [0.2, 0.25) is 0 Å². The third-order valence-corrected chi connectivity index (χ3v) is 7.09. The standard InChI is InChI=1S/C22H25N2O2P/c25-27(26,24-18-11-5-2-6-12-18)22-16-8-14-20(22)19-13-7-15-21(19)23-17-9-3-1-4-10-17/h1-6,9-12,15,19,23H,7-8,13-14,16H2,(H2,24,25,26)/p-1/t19-/m1/s1. The molecule has 0 fully saturated rings. The van der Waals surface area contributed by atoms with E-state index in [1.807, 2.05) is 48.5 Å². The van der Waals surface area contributed by atoms with Crippen molar-refractivity contribution in [2.45, 2.75) is 32.1 Å². The quantitative estimate of drug-likeness (QED) is 0.651. The van der Waals surface area contributed by atoms with Crippen LogP contribution >= 0.6 is 7.52 Å². The molecule has 2 aromatic carbocycles. The fourth-order valence-electron chi connectivity index (χ4n) is 4.10. The molecule has 140 valence electrons. The van der Waals surface area contributed by atoms with E-state index in [1.54, 1.807) is 12.1 Å². The minimum Gasteiger partial charge on any atom is -0.780 e. The van der Waals surface area contributed by atoms with Gasteiger partial charge in [-0.2, -0.15) is 0 Å². The normalized spacial score (nSPS) is 21.7. The summed E-state index contributed by atoms with van der Waals surface area (Å²) in [4.78, 5) is 13.1. The summed E-state index contributed by atoms with van der Waals surface area (Å²) in [6.07, 6.45) is 6.55. The van der Waals surface area contributed by atoms with E-state index in [0.717, 1.165) is 42.6 Å². The summed E-state index contributed by atoms with van der Waals surface area (Å²) in [7, 11) is -3.86. The van der Waals surface area contributed by atoms with Crippen molar-refractivity contribution in [2.24, 2.45) is 5.92 Å². The van der Waals surface area contributed by atoms with Gasteiger partial charge in [-0.15, -0.1) is 0 Å². The predicted molar refractivity (Wildman–Crippen MR) is 109 cm³/mol. The first-order chi connectivity index (χ1) is 13.1. The lowest BCUT2D eigenvalue weighted by Crippen LogP contribution is -2.15. The molecule has 1 unspecified atom stereocenters. The Morgan fingerprint density at radius 3 is 2.30 bits per heavy atom. The van der Waals surface area contributed by atoms with Crippen LogP contribution in [-0.2, 0) is 4.57 Å². The molecule has 2 aromatic rings. The van der Waals surface area contributed by atoms with E-state index in [0.29, 0.717) is 17.4 Å². The molecule has 0 aromatic heterocycles. The van der Waals surface area contributed by atoms with Gasteiger partial charge in [-0.1, -0.05) is 48.0 Å². The van der Waals surface area contributed by atoms with Gasteiger partial charge in [-0.3, -0.25) is 0 Å². The maximum atomic E-state index is 13.1. The fraction of sp³-hybridized carbons (Fsp3) is 0.273. The molecule has 4 nitrogen and oxygen atoms in total. The zero-order valence-corrected chi connectivity index (χ0v) is 16.1. The van der Waals surface area contributed by atoms with Crippen LogP contribution in [0.4, 0.5) is 11.4 Å². The molecule has 2 aliphatic rings. The average Bonchev–Trinajstić information content (AvgIpc) is 3.32. The number of hydrogen-bond acceptors (Lipinski definition) is 3. The second kappa shape index (κ2) is 7.75. The Labute approximate surface area is 160 Å². The van der Waals surface area contributed by atoms with E-state index in [1.165, 1.54) is 0 Å². The van der Waals surface area contributed by atoms with Gasteiger partial charge in [0.1, 0.15) is 7.52 Å². The van der Waals surface area contributed by atoms with Crippen molar-refractivity contribution in [1.82, 2.24) is 0 Å². The lowest BCUT2D eigenvalue weighted by Gasteiger charge is -2.30. The number of rotatable bonds is 6. The summed E-state index contributed by atoms with van der Waals surface area (Å²) in [5.41, 5.74) is 3.89. The van der Waals surface area contributed by atoms with Crippen molar-refractivity contribution in [3.8, 4) is 0 Å². The molecule has 0 spiro atoms. The predicted octanol–water partition coefficient (Wildman–Crippen LogP) is 5.50. The van der Waals surface area contributed by atoms with Crippen molar-refractivity contribution in [3.63, 3.8) is 0 Å². The maximum absolute atomic E-state index is 13.1. The largest absolute Gasteiger partial charge is 0.780 e.